The van der Waals surface area contributed by atoms with Crippen LogP contribution in [0, 0.1) is 19.8 Å². The minimum Gasteiger partial charge on any atom is -0.507 e. The van der Waals surface area contributed by atoms with Gasteiger partial charge in [0.2, 0.25) is 0 Å². The van der Waals surface area contributed by atoms with Crippen molar-refractivity contribution in [2.45, 2.75) is 58.3 Å². The number of phenols is 1. The molecule has 3 rings (SSSR count). The molecule has 1 aliphatic rings. The van der Waals surface area contributed by atoms with E-state index >= 15 is 0 Å². The van der Waals surface area contributed by atoms with E-state index in [9.17, 15) is 23.1 Å². The molecule has 2 aromatic carbocycles. The van der Waals surface area contributed by atoms with Gasteiger partial charge in [0.15, 0.2) is 0 Å². The topological polar surface area (TPSA) is 61.4 Å². The molecule has 0 unspecified atom stereocenters. The van der Waals surface area contributed by atoms with Crippen LogP contribution in [0.4, 0.5) is 13.2 Å². The van der Waals surface area contributed by atoms with Crippen molar-refractivity contribution in [2.24, 2.45) is 5.92 Å². The van der Waals surface area contributed by atoms with Crippen LogP contribution in [0.3, 0.4) is 0 Å². The van der Waals surface area contributed by atoms with Crippen LogP contribution in [0.2, 0.25) is 0 Å². The molecule has 0 aliphatic heterocycles. The SMILES string of the molecule is Cc1cc(C(=O)NC[C@H]2CC[C@@H](NCc3cccc(C)c3O)CC2)cc(C(F)(F)F)c1. The Bertz CT molecular complexity index is 920. The summed E-state index contributed by atoms with van der Waals surface area (Å²) in [5.74, 6) is 0.168. The number of rotatable bonds is 6. The fourth-order valence-electron chi connectivity index (χ4n) is 4.10. The van der Waals surface area contributed by atoms with Crippen LogP contribution in [0.15, 0.2) is 36.4 Å². The van der Waals surface area contributed by atoms with Crippen LogP contribution in [0.1, 0.15) is 58.3 Å². The van der Waals surface area contributed by atoms with Crippen LogP contribution >= 0.6 is 0 Å². The van der Waals surface area contributed by atoms with Gasteiger partial charge in [0.25, 0.3) is 5.91 Å². The highest BCUT2D eigenvalue weighted by molar-refractivity contribution is 5.94. The summed E-state index contributed by atoms with van der Waals surface area (Å²) >= 11 is 0. The molecule has 168 valence electrons. The second kappa shape index (κ2) is 9.73. The van der Waals surface area contributed by atoms with Gasteiger partial charge in [-0.2, -0.15) is 13.2 Å². The van der Waals surface area contributed by atoms with E-state index in [4.69, 9.17) is 0 Å². The summed E-state index contributed by atoms with van der Waals surface area (Å²) in [5, 5.41) is 16.4. The average Bonchev–Trinajstić information content (AvgIpc) is 2.72. The van der Waals surface area contributed by atoms with Crippen molar-refractivity contribution in [3.63, 3.8) is 0 Å². The summed E-state index contributed by atoms with van der Waals surface area (Å²) in [5.41, 5.74) is 1.39. The third-order valence-corrected chi connectivity index (χ3v) is 5.97. The predicted molar refractivity (Wildman–Crippen MR) is 114 cm³/mol. The van der Waals surface area contributed by atoms with Gasteiger partial charge in [-0.15, -0.1) is 0 Å². The lowest BCUT2D eigenvalue weighted by Crippen LogP contribution is -2.36. The number of carbonyl (C=O) groups excluding carboxylic acids is 1. The van der Waals surface area contributed by atoms with Crippen molar-refractivity contribution in [1.82, 2.24) is 10.6 Å². The fraction of sp³-hybridized carbons (Fsp3) is 0.458. The maximum Gasteiger partial charge on any atom is 0.416 e. The molecule has 3 N–H and O–H groups in total. The van der Waals surface area contributed by atoms with Crippen LogP contribution in [0.5, 0.6) is 5.75 Å². The van der Waals surface area contributed by atoms with E-state index in [0.29, 0.717) is 36.4 Å². The molecule has 1 aliphatic carbocycles. The Kier molecular flexibility index (Phi) is 7.26. The molecule has 0 bridgehead atoms. The summed E-state index contributed by atoms with van der Waals surface area (Å²) in [6, 6.07) is 9.48. The normalized spacial score (nSPS) is 19.3. The van der Waals surface area contributed by atoms with E-state index in [1.807, 2.05) is 25.1 Å². The third-order valence-electron chi connectivity index (χ3n) is 5.97. The van der Waals surface area contributed by atoms with E-state index in [-0.39, 0.29) is 5.56 Å². The van der Waals surface area contributed by atoms with Crippen LogP contribution < -0.4 is 10.6 Å². The molecule has 0 atom stereocenters. The molecule has 2 aromatic rings. The number of para-hydroxylation sites is 1. The predicted octanol–water partition coefficient (Wildman–Crippen LogP) is 5.11. The summed E-state index contributed by atoms with van der Waals surface area (Å²) < 4.78 is 39.0. The van der Waals surface area contributed by atoms with E-state index in [0.717, 1.165) is 48.9 Å². The zero-order valence-electron chi connectivity index (χ0n) is 17.9. The van der Waals surface area contributed by atoms with Gasteiger partial charge in [-0.05, 0) is 74.8 Å². The van der Waals surface area contributed by atoms with Gasteiger partial charge in [0.05, 0.1) is 5.56 Å². The molecule has 1 fully saturated rings. The highest BCUT2D eigenvalue weighted by Gasteiger charge is 2.31. The lowest BCUT2D eigenvalue weighted by Gasteiger charge is -2.29. The fourth-order valence-corrected chi connectivity index (χ4v) is 4.10. The molecule has 0 saturated heterocycles. The van der Waals surface area contributed by atoms with E-state index in [1.165, 1.54) is 6.07 Å². The van der Waals surface area contributed by atoms with Crippen molar-refractivity contribution < 1.29 is 23.1 Å². The molecule has 0 spiro atoms. The van der Waals surface area contributed by atoms with Crippen molar-refractivity contribution >= 4 is 5.91 Å². The minimum atomic E-state index is -4.47. The number of benzene rings is 2. The Morgan fingerprint density at radius 3 is 2.48 bits per heavy atom. The third kappa shape index (κ3) is 6.23. The zero-order chi connectivity index (χ0) is 22.6. The molecule has 0 radical (unpaired) electrons. The molecular weight excluding hydrogens is 405 g/mol. The number of carbonyl (C=O) groups is 1. The molecule has 31 heavy (non-hydrogen) atoms. The van der Waals surface area contributed by atoms with Crippen molar-refractivity contribution in [3.05, 3.63) is 64.2 Å². The smallest absolute Gasteiger partial charge is 0.416 e. The number of hydrogen-bond acceptors (Lipinski definition) is 3. The van der Waals surface area contributed by atoms with Gasteiger partial charge in [-0.25, -0.2) is 0 Å². The molecule has 1 amide bonds. The first-order valence-corrected chi connectivity index (χ1v) is 10.6. The molecule has 7 heteroatoms. The monoisotopic (exact) mass is 434 g/mol. The molecule has 1 saturated carbocycles. The van der Waals surface area contributed by atoms with Gasteiger partial charge >= 0.3 is 6.18 Å². The number of halogens is 3. The quantitative estimate of drug-likeness (QED) is 0.592. The lowest BCUT2D eigenvalue weighted by atomic mass is 9.86. The van der Waals surface area contributed by atoms with Gasteiger partial charge in [0.1, 0.15) is 5.75 Å². The number of nitrogens with one attached hydrogen (secondary N) is 2. The van der Waals surface area contributed by atoms with Crippen LogP contribution in [-0.4, -0.2) is 23.6 Å². The first-order chi connectivity index (χ1) is 14.6. The largest absolute Gasteiger partial charge is 0.507 e. The number of aromatic hydroxyl groups is 1. The molecule has 4 nitrogen and oxygen atoms in total. The number of amides is 1. The molecular formula is C24H29F3N2O2. The molecule has 0 heterocycles. The van der Waals surface area contributed by atoms with Crippen molar-refractivity contribution in [2.75, 3.05) is 6.54 Å². The second-order valence-corrected chi connectivity index (χ2v) is 8.48. The average molecular weight is 435 g/mol. The highest BCUT2D eigenvalue weighted by Crippen LogP contribution is 2.31. The first kappa shape index (κ1) is 23.1. The van der Waals surface area contributed by atoms with Crippen molar-refractivity contribution in [3.8, 4) is 5.75 Å². The lowest BCUT2D eigenvalue weighted by molar-refractivity contribution is -0.137. The Labute approximate surface area is 180 Å². The minimum absolute atomic E-state index is 0.0423. The van der Waals surface area contributed by atoms with E-state index in [2.05, 4.69) is 10.6 Å². The number of alkyl halides is 3. The Morgan fingerprint density at radius 1 is 1.10 bits per heavy atom. The summed E-state index contributed by atoms with van der Waals surface area (Å²) in [6.45, 7) is 4.49. The zero-order valence-corrected chi connectivity index (χ0v) is 17.9. The Morgan fingerprint density at radius 2 is 1.81 bits per heavy atom. The highest BCUT2D eigenvalue weighted by atomic mass is 19.4. The van der Waals surface area contributed by atoms with Crippen LogP contribution in [-0.2, 0) is 12.7 Å². The van der Waals surface area contributed by atoms with E-state index < -0.39 is 17.6 Å². The maximum atomic E-state index is 13.0. The Hall–Kier alpha value is -2.54. The van der Waals surface area contributed by atoms with Crippen molar-refractivity contribution in [1.29, 1.82) is 0 Å². The van der Waals surface area contributed by atoms with Gasteiger partial charge in [-0.3, -0.25) is 4.79 Å². The number of hydrogen-bond donors (Lipinski definition) is 3. The van der Waals surface area contributed by atoms with E-state index in [1.54, 1.807) is 6.92 Å². The number of aryl methyl sites for hydroxylation is 2. The summed E-state index contributed by atoms with van der Waals surface area (Å²) in [6.07, 6.45) is -0.702. The van der Waals surface area contributed by atoms with Gasteiger partial charge in [-0.1, -0.05) is 18.2 Å². The van der Waals surface area contributed by atoms with Gasteiger partial charge < -0.3 is 15.7 Å². The first-order valence-electron chi connectivity index (χ1n) is 10.6. The Balaban J connectivity index is 1.46. The number of phenolic OH excluding ortho intramolecular Hbond substituents is 1. The standard InChI is InChI=1S/C24H29F3N2O2/c1-15-10-19(12-20(11-15)24(25,26)27)23(31)29-13-17-6-8-21(9-7-17)28-14-18-5-3-4-16(2)22(18)30/h3-5,10-12,17,21,28,30H,6-9,13-14H2,1-2H3,(H,29,31)/t17-,21+. The van der Waals surface area contributed by atoms with Gasteiger partial charge in [0, 0.05) is 30.3 Å². The van der Waals surface area contributed by atoms with Crippen LogP contribution in [0.25, 0.3) is 0 Å². The summed E-state index contributed by atoms with van der Waals surface area (Å²) in [7, 11) is 0. The maximum absolute atomic E-state index is 13.0. The summed E-state index contributed by atoms with van der Waals surface area (Å²) in [4.78, 5) is 12.4. The second-order valence-electron chi connectivity index (χ2n) is 8.48. The molecule has 0 aromatic heterocycles.